The number of thioether (sulfide) groups is 1. The number of H-pyrrole nitrogens is 1. The van der Waals surface area contributed by atoms with Crippen LogP contribution in [0.15, 0.2) is 40.3 Å². The lowest BCUT2D eigenvalue weighted by Crippen LogP contribution is -2.17. The van der Waals surface area contributed by atoms with Crippen molar-refractivity contribution in [1.82, 2.24) is 15.4 Å². The molecule has 1 heterocycles. The molecule has 0 saturated heterocycles. The first-order valence-electron chi connectivity index (χ1n) is 7.01. The molecule has 0 aliphatic carbocycles. The van der Waals surface area contributed by atoms with Crippen LogP contribution in [-0.4, -0.2) is 26.8 Å². The highest BCUT2D eigenvalue weighted by Gasteiger charge is 2.05. The summed E-state index contributed by atoms with van der Waals surface area (Å²) in [7, 11) is 0. The van der Waals surface area contributed by atoms with Crippen LogP contribution in [0.4, 0.5) is 0 Å². The molecule has 122 valence electrons. The van der Waals surface area contributed by atoms with Crippen molar-refractivity contribution in [2.45, 2.75) is 24.4 Å². The molecule has 6 nitrogen and oxygen atoms in total. The molecule has 0 unspecified atom stereocenters. The number of hydrogen-bond donors (Lipinski definition) is 3. The zero-order chi connectivity index (χ0) is 16.7. The quantitative estimate of drug-likeness (QED) is 0.234. The van der Waals surface area contributed by atoms with E-state index in [2.05, 4.69) is 9.97 Å². The van der Waals surface area contributed by atoms with Crippen LogP contribution in [0.1, 0.15) is 19.3 Å². The minimum atomic E-state index is -0.397. The van der Waals surface area contributed by atoms with Crippen molar-refractivity contribution in [2.24, 2.45) is 0 Å². The Balaban J connectivity index is 1.96. The smallest absolute Gasteiger partial charge is 0.252 e. The molecule has 23 heavy (non-hydrogen) atoms. The van der Waals surface area contributed by atoms with E-state index >= 15 is 0 Å². The first-order chi connectivity index (χ1) is 11.1. The Morgan fingerprint density at radius 1 is 1.30 bits per heavy atom. The third kappa shape index (κ3) is 5.70. The number of aromatic nitrogens is 2. The maximum absolute atomic E-state index is 11.8. The number of aromatic amines is 1. The summed E-state index contributed by atoms with van der Waals surface area (Å²) in [5.74, 6) is 0.317. The zero-order valence-electron chi connectivity index (χ0n) is 12.2. The summed E-state index contributed by atoms with van der Waals surface area (Å²) < 4.78 is 0. The summed E-state index contributed by atoms with van der Waals surface area (Å²) in [4.78, 5) is 29.7. The Kier molecular flexibility index (Phi) is 6.64. The van der Waals surface area contributed by atoms with Gasteiger partial charge in [0.1, 0.15) is 0 Å². The topological polar surface area (TPSA) is 95.1 Å². The van der Waals surface area contributed by atoms with E-state index in [9.17, 15) is 9.59 Å². The van der Waals surface area contributed by atoms with E-state index in [0.717, 1.165) is 12.0 Å². The van der Waals surface area contributed by atoms with Crippen LogP contribution in [0.25, 0.3) is 11.3 Å². The van der Waals surface area contributed by atoms with Gasteiger partial charge >= 0.3 is 0 Å². The minimum absolute atomic E-state index is 0.216. The average Bonchev–Trinajstić information content (AvgIpc) is 2.54. The van der Waals surface area contributed by atoms with Crippen molar-refractivity contribution < 1.29 is 10.0 Å². The fraction of sp³-hybridized carbons (Fsp3) is 0.267. The normalized spacial score (nSPS) is 10.5. The fourth-order valence-corrected chi connectivity index (χ4v) is 2.89. The van der Waals surface area contributed by atoms with Gasteiger partial charge in [0, 0.05) is 28.8 Å². The molecule has 0 aliphatic rings. The SMILES string of the molecule is O=C(CCCCSc1nc(-c2ccc(Cl)cc2)cc(=O)[nH]1)NO. The van der Waals surface area contributed by atoms with Gasteiger partial charge in [-0.25, -0.2) is 10.5 Å². The highest BCUT2D eigenvalue weighted by atomic mass is 35.5. The van der Waals surface area contributed by atoms with Gasteiger partial charge in [0.25, 0.3) is 5.56 Å². The summed E-state index contributed by atoms with van der Waals surface area (Å²) in [5.41, 5.74) is 2.79. The predicted octanol–water partition coefficient (Wildman–Crippen LogP) is 2.86. The Morgan fingerprint density at radius 2 is 2.04 bits per heavy atom. The fourth-order valence-electron chi connectivity index (χ4n) is 1.88. The molecule has 0 radical (unpaired) electrons. The van der Waals surface area contributed by atoms with Gasteiger partial charge in [-0.2, -0.15) is 0 Å². The van der Waals surface area contributed by atoms with E-state index in [1.165, 1.54) is 17.8 Å². The van der Waals surface area contributed by atoms with E-state index in [1.807, 2.05) is 12.1 Å². The Bertz CT molecular complexity index is 719. The Morgan fingerprint density at radius 3 is 2.74 bits per heavy atom. The summed E-state index contributed by atoms with van der Waals surface area (Å²) in [6.07, 6.45) is 1.69. The third-order valence-corrected chi connectivity index (χ3v) is 4.23. The van der Waals surface area contributed by atoms with E-state index in [1.54, 1.807) is 17.6 Å². The number of nitrogens with one attached hydrogen (secondary N) is 2. The maximum atomic E-state index is 11.8. The number of halogens is 1. The standard InChI is InChI=1S/C15H16ClN3O3S/c16-11-6-4-10(5-7-11)12-9-14(21)18-15(17-12)23-8-2-1-3-13(20)19-22/h4-7,9,22H,1-3,8H2,(H,19,20)(H,17,18,21). The number of amides is 1. The zero-order valence-corrected chi connectivity index (χ0v) is 13.8. The second kappa shape index (κ2) is 8.71. The monoisotopic (exact) mass is 353 g/mol. The van der Waals surface area contributed by atoms with Crippen molar-refractivity contribution >= 4 is 29.3 Å². The van der Waals surface area contributed by atoms with Crippen molar-refractivity contribution in [2.75, 3.05) is 5.75 Å². The number of hydrogen-bond acceptors (Lipinski definition) is 5. The highest BCUT2D eigenvalue weighted by molar-refractivity contribution is 7.99. The number of nitrogens with zero attached hydrogens (tertiary/aromatic N) is 1. The van der Waals surface area contributed by atoms with Gasteiger partial charge in [0.15, 0.2) is 5.16 Å². The lowest BCUT2D eigenvalue weighted by molar-refractivity contribution is -0.129. The lowest BCUT2D eigenvalue weighted by atomic mass is 10.1. The number of hydroxylamine groups is 1. The first kappa shape index (κ1) is 17.5. The van der Waals surface area contributed by atoms with Crippen LogP contribution < -0.4 is 11.0 Å². The van der Waals surface area contributed by atoms with Gasteiger partial charge in [0.05, 0.1) is 5.69 Å². The molecule has 0 atom stereocenters. The second-order valence-corrected chi connectivity index (χ2v) is 6.30. The Labute approximate surface area is 142 Å². The summed E-state index contributed by atoms with van der Waals surface area (Å²) >= 11 is 7.28. The van der Waals surface area contributed by atoms with Crippen molar-refractivity contribution in [1.29, 1.82) is 0 Å². The van der Waals surface area contributed by atoms with Crippen LogP contribution >= 0.6 is 23.4 Å². The first-order valence-corrected chi connectivity index (χ1v) is 8.38. The molecule has 2 rings (SSSR count). The molecule has 0 aliphatic heterocycles. The van der Waals surface area contributed by atoms with E-state index < -0.39 is 5.91 Å². The van der Waals surface area contributed by atoms with E-state index in [-0.39, 0.29) is 12.0 Å². The third-order valence-electron chi connectivity index (χ3n) is 3.02. The molecule has 8 heteroatoms. The van der Waals surface area contributed by atoms with Gasteiger partial charge in [-0.1, -0.05) is 35.5 Å². The molecule has 1 aromatic carbocycles. The van der Waals surface area contributed by atoms with E-state index in [4.69, 9.17) is 16.8 Å². The summed E-state index contributed by atoms with van der Waals surface area (Å²) in [5, 5.41) is 9.55. The number of benzene rings is 1. The minimum Gasteiger partial charge on any atom is -0.301 e. The van der Waals surface area contributed by atoms with Crippen LogP contribution in [0.3, 0.4) is 0 Å². The largest absolute Gasteiger partial charge is 0.301 e. The number of carbonyl (C=O) groups is 1. The van der Waals surface area contributed by atoms with Crippen LogP contribution in [0.5, 0.6) is 0 Å². The van der Waals surface area contributed by atoms with Crippen LogP contribution in [0, 0.1) is 0 Å². The summed E-state index contributed by atoms with van der Waals surface area (Å²) in [6, 6.07) is 8.56. The predicted molar refractivity (Wildman–Crippen MR) is 89.8 cm³/mol. The van der Waals surface area contributed by atoms with Gasteiger partial charge < -0.3 is 4.98 Å². The second-order valence-electron chi connectivity index (χ2n) is 4.78. The molecule has 0 saturated carbocycles. The number of carbonyl (C=O) groups excluding carboxylic acids is 1. The maximum Gasteiger partial charge on any atom is 0.252 e. The highest BCUT2D eigenvalue weighted by Crippen LogP contribution is 2.21. The van der Waals surface area contributed by atoms with Gasteiger partial charge in [-0.15, -0.1) is 0 Å². The molecule has 0 spiro atoms. The van der Waals surface area contributed by atoms with Gasteiger partial charge in [-0.05, 0) is 25.0 Å². The molecular weight excluding hydrogens is 338 g/mol. The van der Waals surface area contributed by atoms with Crippen molar-refractivity contribution in [3.63, 3.8) is 0 Å². The van der Waals surface area contributed by atoms with Crippen molar-refractivity contribution in [3.05, 3.63) is 45.7 Å². The molecule has 3 N–H and O–H groups in total. The van der Waals surface area contributed by atoms with Crippen LogP contribution in [-0.2, 0) is 4.79 Å². The number of unbranched alkanes of at least 4 members (excludes halogenated alkanes) is 1. The van der Waals surface area contributed by atoms with Gasteiger partial charge in [0.2, 0.25) is 5.91 Å². The van der Waals surface area contributed by atoms with Crippen LogP contribution in [0.2, 0.25) is 5.02 Å². The molecular formula is C15H16ClN3O3S. The summed E-state index contributed by atoms with van der Waals surface area (Å²) in [6.45, 7) is 0. The molecule has 1 aromatic heterocycles. The van der Waals surface area contributed by atoms with Gasteiger partial charge in [-0.3, -0.25) is 14.8 Å². The molecule has 2 aromatic rings. The molecule has 1 amide bonds. The van der Waals surface area contributed by atoms with Crippen molar-refractivity contribution in [3.8, 4) is 11.3 Å². The lowest BCUT2D eigenvalue weighted by Gasteiger charge is -2.04. The average molecular weight is 354 g/mol. The molecule has 0 fully saturated rings. The molecule has 0 bridgehead atoms. The Hall–Kier alpha value is -1.83. The van der Waals surface area contributed by atoms with E-state index in [0.29, 0.717) is 28.0 Å². The number of rotatable bonds is 7.